The Hall–Kier alpha value is -1.25. The lowest BCUT2D eigenvalue weighted by Crippen LogP contribution is -2.39. The van der Waals surface area contributed by atoms with Gasteiger partial charge in [-0.3, -0.25) is 4.99 Å². The van der Waals surface area contributed by atoms with Crippen LogP contribution in [0.15, 0.2) is 47.6 Å². The van der Waals surface area contributed by atoms with Gasteiger partial charge in [-0.25, -0.2) is 0 Å². The first-order valence-corrected chi connectivity index (χ1v) is 8.89. The highest BCUT2D eigenvalue weighted by Crippen LogP contribution is 2.14. The lowest BCUT2D eigenvalue weighted by atomic mass is 10.1. The van der Waals surface area contributed by atoms with Crippen LogP contribution in [0.25, 0.3) is 0 Å². The average Bonchev–Trinajstić information content (AvgIpc) is 2.89. The largest absolute Gasteiger partial charge is 0.391 e. The van der Waals surface area contributed by atoms with Gasteiger partial charge in [-0.15, -0.1) is 24.0 Å². The van der Waals surface area contributed by atoms with Crippen LogP contribution in [-0.4, -0.2) is 46.8 Å². The van der Waals surface area contributed by atoms with E-state index in [-0.39, 0.29) is 24.0 Å². The van der Waals surface area contributed by atoms with Gasteiger partial charge in [0.2, 0.25) is 0 Å². The summed E-state index contributed by atoms with van der Waals surface area (Å²) in [6.45, 7) is 3.84. The molecule has 0 saturated carbocycles. The number of nitrogens with zero attached hydrogens (tertiary/aromatic N) is 3. The van der Waals surface area contributed by atoms with Crippen LogP contribution in [0.2, 0.25) is 5.02 Å². The van der Waals surface area contributed by atoms with Gasteiger partial charge in [-0.1, -0.05) is 41.9 Å². The van der Waals surface area contributed by atoms with Crippen LogP contribution in [-0.2, 0) is 20.0 Å². The number of aliphatic hydroxyl groups is 1. The van der Waals surface area contributed by atoms with Crippen molar-refractivity contribution in [3.63, 3.8) is 0 Å². The molecule has 0 saturated heterocycles. The highest BCUT2D eigenvalue weighted by Gasteiger charge is 2.11. The van der Waals surface area contributed by atoms with E-state index in [1.807, 2.05) is 73.1 Å². The number of halogens is 2. The Morgan fingerprint density at radius 2 is 2.04 bits per heavy atom. The summed E-state index contributed by atoms with van der Waals surface area (Å²) in [6, 6.07) is 11.9. The van der Waals surface area contributed by atoms with Gasteiger partial charge < -0.3 is 19.9 Å². The molecule has 0 spiro atoms. The topological polar surface area (TPSA) is 52.8 Å². The summed E-state index contributed by atoms with van der Waals surface area (Å²) in [5.41, 5.74) is 2.21. The zero-order chi connectivity index (χ0) is 18.2. The zero-order valence-corrected chi connectivity index (χ0v) is 18.6. The second-order valence-electron chi connectivity index (χ2n) is 6.15. The highest BCUT2D eigenvalue weighted by atomic mass is 127. The molecule has 0 radical (unpaired) electrons. The number of guanidine groups is 1. The molecule has 2 N–H and O–H groups in total. The fourth-order valence-electron chi connectivity index (χ4n) is 2.65. The predicted octanol–water partition coefficient (Wildman–Crippen LogP) is 3.30. The molecule has 0 aliphatic rings. The van der Waals surface area contributed by atoms with E-state index >= 15 is 0 Å². The molecule has 7 heteroatoms. The normalized spacial score (nSPS) is 12.4. The van der Waals surface area contributed by atoms with Crippen LogP contribution in [0.5, 0.6) is 0 Å². The quantitative estimate of drug-likeness (QED) is 0.356. The summed E-state index contributed by atoms with van der Waals surface area (Å²) in [5, 5.41) is 14.3. The smallest absolute Gasteiger partial charge is 0.194 e. The minimum absolute atomic E-state index is 0. The maximum Gasteiger partial charge on any atom is 0.194 e. The zero-order valence-electron chi connectivity index (χ0n) is 15.5. The third-order valence-electron chi connectivity index (χ3n) is 3.94. The first-order chi connectivity index (χ1) is 12.0. The molecule has 26 heavy (non-hydrogen) atoms. The molecule has 1 heterocycles. The monoisotopic (exact) mass is 490 g/mol. The number of aliphatic imine (C=N–C) groups is 1. The van der Waals surface area contributed by atoms with Crippen molar-refractivity contribution >= 4 is 41.5 Å². The first-order valence-electron chi connectivity index (χ1n) is 8.51. The lowest BCUT2D eigenvalue weighted by Gasteiger charge is -2.22. The summed E-state index contributed by atoms with van der Waals surface area (Å²) in [7, 11) is 3.95. The van der Waals surface area contributed by atoms with E-state index in [2.05, 4.69) is 10.3 Å². The van der Waals surface area contributed by atoms with Crippen molar-refractivity contribution in [2.24, 2.45) is 12.0 Å². The third kappa shape index (κ3) is 7.17. The number of aromatic nitrogens is 1. The third-order valence-corrected chi connectivity index (χ3v) is 4.14. The van der Waals surface area contributed by atoms with Gasteiger partial charge >= 0.3 is 0 Å². The lowest BCUT2D eigenvalue weighted by molar-refractivity contribution is 0.183. The van der Waals surface area contributed by atoms with Crippen LogP contribution >= 0.6 is 35.6 Å². The van der Waals surface area contributed by atoms with E-state index in [9.17, 15) is 5.11 Å². The van der Waals surface area contributed by atoms with E-state index in [4.69, 9.17) is 11.6 Å². The molecule has 5 nitrogen and oxygen atoms in total. The SMILES string of the molecule is CCNC(=NCC(O)Cc1ccccc1)N(C)Cc1cc(Cl)cn1C.I. The minimum Gasteiger partial charge on any atom is -0.391 e. The van der Waals surface area contributed by atoms with Crippen molar-refractivity contribution in [2.45, 2.75) is 26.0 Å². The molecule has 0 aliphatic carbocycles. The average molecular weight is 491 g/mol. The molecule has 1 unspecified atom stereocenters. The molecular weight excluding hydrogens is 463 g/mol. The fraction of sp³-hybridized carbons (Fsp3) is 0.421. The van der Waals surface area contributed by atoms with Gasteiger partial charge in [0.15, 0.2) is 5.96 Å². The Morgan fingerprint density at radius 3 is 2.62 bits per heavy atom. The van der Waals surface area contributed by atoms with Crippen molar-refractivity contribution < 1.29 is 5.11 Å². The highest BCUT2D eigenvalue weighted by molar-refractivity contribution is 14.0. The molecule has 144 valence electrons. The van der Waals surface area contributed by atoms with Crippen LogP contribution in [0.3, 0.4) is 0 Å². The molecule has 0 amide bonds. The molecular formula is C19H28ClIN4O. The first kappa shape index (κ1) is 22.8. The van der Waals surface area contributed by atoms with E-state index < -0.39 is 6.10 Å². The van der Waals surface area contributed by atoms with E-state index in [1.54, 1.807) is 0 Å². The van der Waals surface area contributed by atoms with Crippen LogP contribution in [0.4, 0.5) is 0 Å². The maximum atomic E-state index is 10.3. The van der Waals surface area contributed by atoms with Crippen molar-refractivity contribution in [1.82, 2.24) is 14.8 Å². The Labute approximate surface area is 178 Å². The molecule has 0 aliphatic heterocycles. The second kappa shape index (κ2) is 11.5. The van der Waals surface area contributed by atoms with E-state index in [0.717, 1.165) is 28.8 Å². The van der Waals surface area contributed by atoms with Crippen molar-refractivity contribution in [3.05, 3.63) is 58.9 Å². The number of nitrogens with one attached hydrogen (secondary N) is 1. The summed E-state index contributed by atoms with van der Waals surface area (Å²) in [4.78, 5) is 6.61. The Bertz CT molecular complexity index is 690. The van der Waals surface area contributed by atoms with Gasteiger partial charge in [0.1, 0.15) is 0 Å². The van der Waals surface area contributed by atoms with E-state index in [1.165, 1.54) is 0 Å². The van der Waals surface area contributed by atoms with Gasteiger partial charge in [0.25, 0.3) is 0 Å². The summed E-state index contributed by atoms with van der Waals surface area (Å²) in [6.07, 6.45) is 1.98. The molecule has 1 atom stereocenters. The van der Waals surface area contributed by atoms with Crippen molar-refractivity contribution in [2.75, 3.05) is 20.1 Å². The van der Waals surface area contributed by atoms with Gasteiger partial charge in [-0.05, 0) is 18.6 Å². The summed E-state index contributed by atoms with van der Waals surface area (Å²) < 4.78 is 2.01. The van der Waals surface area contributed by atoms with Crippen LogP contribution in [0, 0.1) is 0 Å². The number of aliphatic hydroxyl groups excluding tert-OH is 1. The number of hydrogen-bond acceptors (Lipinski definition) is 2. The Balaban J connectivity index is 0.00000338. The number of aryl methyl sites for hydroxylation is 1. The second-order valence-corrected chi connectivity index (χ2v) is 6.59. The fourth-order valence-corrected chi connectivity index (χ4v) is 2.93. The van der Waals surface area contributed by atoms with Crippen molar-refractivity contribution in [3.8, 4) is 0 Å². The van der Waals surface area contributed by atoms with Gasteiger partial charge in [0.05, 0.1) is 24.2 Å². The number of hydrogen-bond donors (Lipinski definition) is 2. The van der Waals surface area contributed by atoms with Gasteiger partial charge in [-0.2, -0.15) is 0 Å². The number of rotatable bonds is 7. The molecule has 0 fully saturated rings. The van der Waals surface area contributed by atoms with Crippen molar-refractivity contribution in [1.29, 1.82) is 0 Å². The van der Waals surface area contributed by atoms with E-state index in [0.29, 0.717) is 19.5 Å². The Morgan fingerprint density at radius 1 is 1.35 bits per heavy atom. The molecule has 2 aromatic rings. The maximum absolute atomic E-state index is 10.3. The molecule has 1 aromatic carbocycles. The van der Waals surface area contributed by atoms with Crippen LogP contribution < -0.4 is 5.32 Å². The van der Waals surface area contributed by atoms with Gasteiger partial charge in [0, 0.05) is 39.0 Å². The minimum atomic E-state index is -0.506. The summed E-state index contributed by atoms with van der Waals surface area (Å²) >= 11 is 6.05. The number of benzene rings is 1. The van der Waals surface area contributed by atoms with Crippen LogP contribution in [0.1, 0.15) is 18.2 Å². The Kier molecular flexibility index (Phi) is 10.0. The molecule has 0 bridgehead atoms. The predicted molar refractivity (Wildman–Crippen MR) is 119 cm³/mol. The summed E-state index contributed by atoms with van der Waals surface area (Å²) in [5.74, 6) is 0.770. The standard InChI is InChI=1S/C19H27ClN4O.HI/c1-4-21-19(24(3)14-17-11-16(20)13-23(17)2)22-12-18(25)10-15-8-6-5-7-9-15;/h5-9,11,13,18,25H,4,10,12,14H2,1-3H3,(H,21,22);1H. The molecule has 1 aromatic heterocycles. The molecule has 2 rings (SSSR count).